The second kappa shape index (κ2) is 11.8. The van der Waals surface area contributed by atoms with Crippen molar-refractivity contribution in [3.05, 3.63) is 44.9 Å². The topological polar surface area (TPSA) is 145 Å². The Hall–Kier alpha value is -2.11. The molecular weight excluding hydrogens is 624 g/mol. The Labute approximate surface area is 254 Å². The molecule has 3 aromatic rings. The van der Waals surface area contributed by atoms with E-state index in [1.54, 1.807) is 29.2 Å². The highest BCUT2D eigenvalue weighted by molar-refractivity contribution is 7.89. The number of aromatic amines is 1. The van der Waals surface area contributed by atoms with Crippen LogP contribution >= 0.6 is 22.9 Å². The summed E-state index contributed by atoms with van der Waals surface area (Å²) in [5.41, 5.74) is 1.54. The lowest BCUT2D eigenvalue weighted by molar-refractivity contribution is 0.0556. The van der Waals surface area contributed by atoms with Crippen molar-refractivity contribution in [2.75, 3.05) is 51.7 Å². The average Bonchev–Trinajstić information content (AvgIpc) is 3.60. The second-order valence-electron chi connectivity index (χ2n) is 10.9. The summed E-state index contributed by atoms with van der Waals surface area (Å²) in [5.74, 6) is -0.510. The van der Waals surface area contributed by atoms with Crippen LogP contribution in [0.3, 0.4) is 0 Å². The molecule has 2 fully saturated rings. The molecule has 0 spiro atoms. The first kappa shape index (κ1) is 29.9. The number of fused-ring (bicyclic) bond motifs is 2. The van der Waals surface area contributed by atoms with Gasteiger partial charge in [0, 0.05) is 78.6 Å². The van der Waals surface area contributed by atoms with Crippen molar-refractivity contribution in [2.24, 2.45) is 0 Å². The Balaban J connectivity index is 1.26. The third-order valence-corrected chi connectivity index (χ3v) is 13.0. The number of amides is 1. The Morgan fingerprint density at radius 1 is 1.12 bits per heavy atom. The summed E-state index contributed by atoms with van der Waals surface area (Å²) in [6, 6.07) is 6.23. The van der Waals surface area contributed by atoms with E-state index in [2.05, 4.69) is 22.2 Å². The smallest absolute Gasteiger partial charge is 0.283 e. The van der Waals surface area contributed by atoms with E-state index in [0.717, 1.165) is 17.0 Å². The fourth-order valence-electron chi connectivity index (χ4n) is 5.68. The molecule has 2 N–H and O–H groups in total. The summed E-state index contributed by atoms with van der Waals surface area (Å²) in [5, 5.41) is 4.91. The van der Waals surface area contributed by atoms with Gasteiger partial charge in [-0.05, 0) is 37.6 Å². The fraction of sp³-hybridized carbons (Fsp3) is 0.538. The highest BCUT2D eigenvalue weighted by Gasteiger charge is 2.39. The second-order valence-corrected chi connectivity index (χ2v) is 16.4. The number of aromatic nitrogens is 2. The minimum Gasteiger partial charge on any atom is -0.379 e. The number of nitrogens with one attached hydrogen (secondary N) is 2. The maximum Gasteiger partial charge on any atom is 0.283 e. The van der Waals surface area contributed by atoms with Crippen LogP contribution in [0, 0.1) is 0 Å². The van der Waals surface area contributed by atoms with Crippen molar-refractivity contribution in [1.29, 1.82) is 0 Å². The maximum atomic E-state index is 13.8. The number of carbonyl (C=O) groups excluding carboxylic acids is 1. The molecule has 0 aliphatic carbocycles. The molecule has 0 bridgehead atoms. The van der Waals surface area contributed by atoms with Crippen LogP contribution in [0.4, 0.5) is 0 Å². The summed E-state index contributed by atoms with van der Waals surface area (Å²) < 4.78 is 61.9. The van der Waals surface area contributed by atoms with E-state index in [4.69, 9.17) is 16.3 Å². The molecule has 2 aromatic heterocycles. The Morgan fingerprint density at radius 2 is 1.90 bits per heavy atom. The Bertz CT molecular complexity index is 1700. The van der Waals surface area contributed by atoms with Gasteiger partial charge in [-0.25, -0.2) is 21.8 Å². The molecule has 2 unspecified atom stereocenters. The quantitative estimate of drug-likeness (QED) is 0.392. The summed E-state index contributed by atoms with van der Waals surface area (Å²) in [6.07, 6.45) is 0.811. The number of morpholine rings is 1. The molecule has 12 nitrogen and oxygen atoms in total. The van der Waals surface area contributed by atoms with Crippen LogP contribution in [0.15, 0.2) is 29.3 Å². The Kier molecular flexibility index (Phi) is 8.39. The predicted molar refractivity (Wildman–Crippen MR) is 160 cm³/mol. The van der Waals surface area contributed by atoms with Gasteiger partial charge in [-0.15, -0.1) is 11.3 Å². The number of nitrogens with zero attached hydrogens (tertiary/aromatic N) is 4. The van der Waals surface area contributed by atoms with Gasteiger partial charge in [0.1, 0.15) is 5.03 Å². The lowest BCUT2D eigenvalue weighted by Gasteiger charge is -2.40. The van der Waals surface area contributed by atoms with Crippen molar-refractivity contribution < 1.29 is 26.4 Å². The molecule has 2 saturated heterocycles. The van der Waals surface area contributed by atoms with Gasteiger partial charge in [0.2, 0.25) is 10.0 Å². The molecule has 16 heteroatoms. The van der Waals surface area contributed by atoms with Gasteiger partial charge in [-0.1, -0.05) is 11.6 Å². The number of carbonyl (C=O) groups is 1. The van der Waals surface area contributed by atoms with Crippen LogP contribution in [0.2, 0.25) is 5.02 Å². The van der Waals surface area contributed by atoms with Crippen LogP contribution in [0.25, 0.3) is 10.9 Å². The van der Waals surface area contributed by atoms with E-state index in [1.807, 2.05) is 0 Å². The zero-order valence-corrected chi connectivity index (χ0v) is 26.3. The van der Waals surface area contributed by atoms with Crippen molar-refractivity contribution in [3.63, 3.8) is 0 Å². The normalized spacial score (nSPS) is 22.9. The van der Waals surface area contributed by atoms with Gasteiger partial charge in [-0.3, -0.25) is 4.79 Å². The van der Waals surface area contributed by atoms with Crippen molar-refractivity contribution in [2.45, 2.75) is 43.4 Å². The fourth-order valence-corrected chi connectivity index (χ4v) is 9.87. The molecule has 228 valence electrons. The molecule has 0 radical (unpaired) electrons. The highest BCUT2D eigenvalue weighted by Crippen LogP contribution is 2.29. The number of hydrogen-bond donors (Lipinski definition) is 2. The third-order valence-electron chi connectivity index (χ3n) is 8.03. The van der Waals surface area contributed by atoms with E-state index >= 15 is 0 Å². The SMILES string of the molecule is CC1Cc2nc(C(=O)N3CCN(S(=O)(=O)c4cc5cc(Cl)ccc5[nH]4)CC3CCS(=O)(=O)N3CCOCC3)sc2CN1. The number of halogens is 1. The number of H-pyrrole nitrogens is 1. The molecule has 5 heterocycles. The lowest BCUT2D eigenvalue weighted by Crippen LogP contribution is -2.57. The molecule has 3 aliphatic heterocycles. The molecule has 2 atom stereocenters. The van der Waals surface area contributed by atoms with Crippen LogP contribution in [-0.2, 0) is 37.7 Å². The minimum atomic E-state index is -3.97. The first-order chi connectivity index (χ1) is 20.0. The summed E-state index contributed by atoms with van der Waals surface area (Å²) >= 11 is 7.44. The molecule has 6 rings (SSSR count). The lowest BCUT2D eigenvalue weighted by atomic mass is 10.1. The van der Waals surface area contributed by atoms with Crippen LogP contribution < -0.4 is 5.32 Å². The van der Waals surface area contributed by atoms with Crippen molar-refractivity contribution in [1.82, 2.24) is 28.8 Å². The van der Waals surface area contributed by atoms with Crippen LogP contribution in [0.1, 0.15) is 33.7 Å². The van der Waals surface area contributed by atoms with E-state index in [-0.39, 0.29) is 61.9 Å². The van der Waals surface area contributed by atoms with Gasteiger partial charge >= 0.3 is 0 Å². The highest BCUT2D eigenvalue weighted by atomic mass is 35.5. The number of ether oxygens (including phenoxy) is 1. The average molecular weight is 657 g/mol. The van der Waals surface area contributed by atoms with Crippen LogP contribution in [0.5, 0.6) is 0 Å². The first-order valence-electron chi connectivity index (χ1n) is 13.9. The van der Waals surface area contributed by atoms with Gasteiger partial charge in [0.05, 0.1) is 24.7 Å². The molecule has 1 aromatic carbocycles. The van der Waals surface area contributed by atoms with Crippen molar-refractivity contribution >= 4 is 59.8 Å². The zero-order chi connectivity index (χ0) is 29.6. The molecular formula is C26H33ClN6O6S3. The maximum absolute atomic E-state index is 13.8. The van der Waals surface area contributed by atoms with Gasteiger partial charge in [0.25, 0.3) is 15.9 Å². The summed E-state index contributed by atoms with van der Waals surface area (Å²) in [7, 11) is -7.59. The predicted octanol–water partition coefficient (Wildman–Crippen LogP) is 1.88. The molecule has 1 amide bonds. The van der Waals surface area contributed by atoms with Crippen LogP contribution in [-0.4, -0.2) is 110 Å². The standard InChI is InChI=1S/C26H33ClN6O6S3/c1-17-12-22-23(15-28-17)40-25(30-22)26(34)33-6-5-32(16-20(33)4-11-41(35,36)31-7-9-39-10-8-31)42(37,38)24-14-18-13-19(27)2-3-21(18)29-24/h2-3,13-14,17,20,28-29H,4-12,15-16H2,1H3. The van der Waals surface area contributed by atoms with E-state index in [1.165, 1.54) is 19.9 Å². The number of hydrogen-bond acceptors (Lipinski definition) is 9. The monoisotopic (exact) mass is 656 g/mol. The third kappa shape index (κ3) is 5.98. The van der Waals surface area contributed by atoms with E-state index in [9.17, 15) is 21.6 Å². The largest absolute Gasteiger partial charge is 0.379 e. The molecule has 3 aliphatic rings. The number of thiazole rings is 1. The molecule has 42 heavy (non-hydrogen) atoms. The summed E-state index contributed by atoms with van der Waals surface area (Å²) in [6.45, 7) is 4.07. The number of benzene rings is 1. The number of piperazine rings is 1. The van der Waals surface area contributed by atoms with Gasteiger partial charge in [0.15, 0.2) is 5.01 Å². The minimum absolute atomic E-state index is 0.0217. The summed E-state index contributed by atoms with van der Waals surface area (Å²) in [4.78, 5) is 24.0. The Morgan fingerprint density at radius 3 is 2.69 bits per heavy atom. The van der Waals surface area contributed by atoms with Gasteiger partial charge in [-0.2, -0.15) is 8.61 Å². The first-order valence-corrected chi connectivity index (χ1v) is 18.1. The van der Waals surface area contributed by atoms with Gasteiger partial charge < -0.3 is 19.9 Å². The van der Waals surface area contributed by atoms with Crippen molar-refractivity contribution in [3.8, 4) is 0 Å². The number of sulfonamides is 2. The van der Waals surface area contributed by atoms with E-state index in [0.29, 0.717) is 40.7 Å². The zero-order valence-electron chi connectivity index (χ0n) is 23.1. The number of rotatable bonds is 7. The molecule has 0 saturated carbocycles. The van der Waals surface area contributed by atoms with E-state index < -0.39 is 26.1 Å².